The number of benzene rings is 3. The molecular weight excluding hydrogens is 453 g/mol. The minimum absolute atomic E-state index is 0.258. The summed E-state index contributed by atoms with van der Waals surface area (Å²) in [5.41, 5.74) is 3.59. The summed E-state index contributed by atoms with van der Waals surface area (Å²) in [4.78, 5) is 29.5. The zero-order valence-corrected chi connectivity index (χ0v) is 18.8. The average Bonchev–Trinajstić information content (AvgIpc) is 3.51. The van der Waals surface area contributed by atoms with E-state index in [-0.39, 0.29) is 17.6 Å². The smallest absolute Gasteiger partial charge is 0.257 e. The maximum Gasteiger partial charge on any atom is 0.257 e. The molecule has 8 heteroatoms. The highest BCUT2D eigenvalue weighted by atomic mass is 32.1. The van der Waals surface area contributed by atoms with Crippen LogP contribution in [0.5, 0.6) is 0 Å². The van der Waals surface area contributed by atoms with Crippen LogP contribution < -0.4 is 10.6 Å². The molecular formula is C26H18FN3O3S. The zero-order valence-electron chi connectivity index (χ0n) is 18.0. The van der Waals surface area contributed by atoms with Crippen molar-refractivity contribution in [1.29, 1.82) is 0 Å². The number of nitrogens with one attached hydrogen (secondary N) is 2. The van der Waals surface area contributed by atoms with Gasteiger partial charge in [-0.3, -0.25) is 14.9 Å². The molecule has 5 aromatic rings. The molecule has 168 valence electrons. The number of fused-ring (bicyclic) bond motifs is 1. The molecule has 0 bridgehead atoms. The lowest BCUT2D eigenvalue weighted by Gasteiger charge is -2.06. The number of rotatable bonds is 5. The molecule has 0 atom stereocenters. The van der Waals surface area contributed by atoms with E-state index in [1.54, 1.807) is 55.0 Å². The molecule has 0 aliphatic rings. The van der Waals surface area contributed by atoms with Crippen molar-refractivity contribution in [2.45, 2.75) is 0 Å². The van der Waals surface area contributed by atoms with E-state index in [0.29, 0.717) is 38.6 Å². The fraction of sp³-hybridized carbons (Fsp3) is 0.0385. The van der Waals surface area contributed by atoms with Crippen molar-refractivity contribution in [2.24, 2.45) is 0 Å². The van der Waals surface area contributed by atoms with Crippen LogP contribution in [-0.4, -0.2) is 23.8 Å². The molecule has 0 saturated heterocycles. The van der Waals surface area contributed by atoms with Crippen LogP contribution in [0.4, 0.5) is 9.52 Å². The SMILES string of the molecule is CNC(=O)c1c(-c2ccc(F)cc2)oc2ccc(-c3cccc(C(=O)Nc4nccs4)c3)cc12. The second kappa shape index (κ2) is 8.92. The lowest BCUT2D eigenvalue weighted by Crippen LogP contribution is -2.18. The van der Waals surface area contributed by atoms with Gasteiger partial charge in [0, 0.05) is 35.1 Å². The summed E-state index contributed by atoms with van der Waals surface area (Å²) in [6.45, 7) is 0. The van der Waals surface area contributed by atoms with Crippen molar-refractivity contribution in [2.75, 3.05) is 12.4 Å². The Balaban J connectivity index is 1.57. The van der Waals surface area contributed by atoms with E-state index in [0.717, 1.165) is 11.1 Å². The van der Waals surface area contributed by atoms with Crippen LogP contribution in [0.3, 0.4) is 0 Å². The molecule has 5 rings (SSSR count). The molecule has 0 aliphatic heterocycles. The molecule has 2 aromatic heterocycles. The lowest BCUT2D eigenvalue weighted by atomic mass is 9.99. The first-order valence-corrected chi connectivity index (χ1v) is 11.3. The van der Waals surface area contributed by atoms with Gasteiger partial charge in [0.15, 0.2) is 5.13 Å². The fourth-order valence-electron chi connectivity index (χ4n) is 3.73. The van der Waals surface area contributed by atoms with Crippen molar-refractivity contribution >= 4 is 39.3 Å². The third-order valence-corrected chi connectivity index (χ3v) is 6.05. The predicted molar refractivity (Wildman–Crippen MR) is 131 cm³/mol. The summed E-state index contributed by atoms with van der Waals surface area (Å²) in [6, 6.07) is 18.5. The number of anilines is 1. The summed E-state index contributed by atoms with van der Waals surface area (Å²) in [6.07, 6.45) is 1.63. The van der Waals surface area contributed by atoms with Crippen LogP contribution in [0.25, 0.3) is 33.4 Å². The number of hydrogen-bond donors (Lipinski definition) is 2. The second-order valence-corrected chi connectivity index (χ2v) is 8.37. The van der Waals surface area contributed by atoms with E-state index < -0.39 is 0 Å². The van der Waals surface area contributed by atoms with Gasteiger partial charge in [-0.1, -0.05) is 18.2 Å². The maximum absolute atomic E-state index is 13.4. The third-order valence-electron chi connectivity index (χ3n) is 5.36. The topological polar surface area (TPSA) is 84.2 Å². The molecule has 2 heterocycles. The number of nitrogens with zero attached hydrogens (tertiary/aromatic N) is 1. The Bertz CT molecular complexity index is 1510. The molecule has 0 radical (unpaired) electrons. The normalized spacial score (nSPS) is 10.9. The van der Waals surface area contributed by atoms with Gasteiger partial charge in [-0.05, 0) is 59.7 Å². The van der Waals surface area contributed by atoms with E-state index in [4.69, 9.17) is 4.42 Å². The van der Waals surface area contributed by atoms with Crippen molar-refractivity contribution < 1.29 is 18.4 Å². The third kappa shape index (κ3) is 4.06. The van der Waals surface area contributed by atoms with Crippen molar-refractivity contribution in [3.8, 4) is 22.5 Å². The number of halogens is 1. The summed E-state index contributed by atoms with van der Waals surface area (Å²) in [5.74, 6) is -0.580. The Kier molecular flexibility index (Phi) is 5.65. The highest BCUT2D eigenvalue weighted by molar-refractivity contribution is 7.13. The Morgan fingerprint density at radius 2 is 1.71 bits per heavy atom. The number of carbonyl (C=O) groups excluding carboxylic acids is 2. The summed E-state index contributed by atoms with van der Waals surface area (Å²) in [5, 5.41) is 8.37. The largest absolute Gasteiger partial charge is 0.455 e. The summed E-state index contributed by atoms with van der Waals surface area (Å²) >= 11 is 1.34. The van der Waals surface area contributed by atoms with Crippen molar-refractivity contribution in [1.82, 2.24) is 10.3 Å². The van der Waals surface area contributed by atoms with E-state index in [2.05, 4.69) is 15.6 Å². The van der Waals surface area contributed by atoms with Gasteiger partial charge in [-0.15, -0.1) is 11.3 Å². The van der Waals surface area contributed by atoms with E-state index in [9.17, 15) is 14.0 Å². The van der Waals surface area contributed by atoms with Crippen LogP contribution in [0.1, 0.15) is 20.7 Å². The van der Waals surface area contributed by atoms with Gasteiger partial charge in [0.2, 0.25) is 0 Å². The number of carbonyl (C=O) groups is 2. The quantitative estimate of drug-likeness (QED) is 0.331. The maximum atomic E-state index is 13.4. The van der Waals surface area contributed by atoms with Crippen LogP contribution >= 0.6 is 11.3 Å². The van der Waals surface area contributed by atoms with Crippen LogP contribution in [-0.2, 0) is 0 Å². The van der Waals surface area contributed by atoms with Gasteiger partial charge in [-0.2, -0.15) is 0 Å². The molecule has 0 fully saturated rings. The molecule has 0 saturated carbocycles. The van der Waals surface area contributed by atoms with Gasteiger partial charge >= 0.3 is 0 Å². The number of hydrogen-bond acceptors (Lipinski definition) is 5. The van der Waals surface area contributed by atoms with Gasteiger partial charge < -0.3 is 9.73 Å². The fourth-order valence-corrected chi connectivity index (χ4v) is 4.25. The first-order valence-electron chi connectivity index (χ1n) is 10.4. The van der Waals surface area contributed by atoms with Gasteiger partial charge in [0.1, 0.15) is 17.2 Å². The molecule has 2 N–H and O–H groups in total. The van der Waals surface area contributed by atoms with E-state index in [1.807, 2.05) is 18.2 Å². The zero-order chi connectivity index (χ0) is 23.7. The minimum Gasteiger partial charge on any atom is -0.455 e. The van der Waals surface area contributed by atoms with Crippen LogP contribution in [0.2, 0.25) is 0 Å². The second-order valence-electron chi connectivity index (χ2n) is 7.48. The summed E-state index contributed by atoms with van der Waals surface area (Å²) in [7, 11) is 1.55. The number of aromatic nitrogens is 1. The van der Waals surface area contributed by atoms with Gasteiger partial charge in [0.05, 0.1) is 5.56 Å². The van der Waals surface area contributed by atoms with E-state index in [1.165, 1.54) is 23.5 Å². The highest BCUT2D eigenvalue weighted by Gasteiger charge is 2.22. The van der Waals surface area contributed by atoms with Crippen molar-refractivity contribution in [3.05, 3.63) is 95.3 Å². The van der Waals surface area contributed by atoms with Gasteiger partial charge in [0.25, 0.3) is 11.8 Å². The molecule has 2 amide bonds. The highest BCUT2D eigenvalue weighted by Crippen LogP contribution is 2.36. The Hall–Kier alpha value is -4.30. The number of thiazole rings is 1. The molecule has 0 aliphatic carbocycles. The monoisotopic (exact) mass is 471 g/mol. The minimum atomic E-state index is -0.373. The predicted octanol–water partition coefficient (Wildman–Crippen LogP) is 5.97. The Labute approximate surface area is 198 Å². The Morgan fingerprint density at radius 3 is 2.44 bits per heavy atom. The first-order chi connectivity index (χ1) is 16.5. The molecule has 6 nitrogen and oxygen atoms in total. The van der Waals surface area contributed by atoms with Crippen LogP contribution in [0, 0.1) is 5.82 Å². The lowest BCUT2D eigenvalue weighted by molar-refractivity contribution is 0.0963. The Morgan fingerprint density at radius 1 is 0.941 bits per heavy atom. The average molecular weight is 472 g/mol. The molecule has 34 heavy (non-hydrogen) atoms. The standard InChI is InChI=1S/C26H18FN3O3S/c1-28-25(32)22-20-14-17(7-10-21(20)33-23(22)15-5-8-19(27)9-6-15)16-3-2-4-18(13-16)24(31)30-26-29-11-12-34-26/h2-14H,1H3,(H,28,32)(H,29,30,31). The number of furan rings is 1. The van der Waals surface area contributed by atoms with Gasteiger partial charge in [-0.25, -0.2) is 9.37 Å². The molecule has 3 aromatic carbocycles. The summed E-state index contributed by atoms with van der Waals surface area (Å²) < 4.78 is 19.4. The van der Waals surface area contributed by atoms with Crippen LogP contribution in [0.15, 0.2) is 82.7 Å². The first kappa shape index (κ1) is 21.5. The number of amides is 2. The molecule has 0 unspecified atom stereocenters. The van der Waals surface area contributed by atoms with Crippen molar-refractivity contribution in [3.63, 3.8) is 0 Å². The molecule has 0 spiro atoms. The van der Waals surface area contributed by atoms with E-state index >= 15 is 0 Å².